The predicted octanol–water partition coefficient (Wildman–Crippen LogP) is 1.95. The first-order chi connectivity index (χ1) is 7.12. The molecule has 1 N–H and O–H groups in total. The highest BCUT2D eigenvalue weighted by Crippen LogP contribution is 2.31. The molecular weight excluding hydrogens is 278 g/mol. The van der Waals surface area contributed by atoms with Gasteiger partial charge in [-0.3, -0.25) is 0 Å². The number of benzene rings is 1. The number of aryl methyl sites for hydroxylation is 1. The van der Waals surface area contributed by atoms with Gasteiger partial charge in [0, 0.05) is 6.04 Å². The van der Waals surface area contributed by atoms with E-state index in [4.69, 9.17) is 0 Å². The maximum absolute atomic E-state index is 11.4. The van der Waals surface area contributed by atoms with E-state index in [1.165, 1.54) is 5.56 Å². The van der Waals surface area contributed by atoms with E-state index in [0.29, 0.717) is 0 Å². The van der Waals surface area contributed by atoms with E-state index in [9.17, 15) is 8.42 Å². The molecule has 0 saturated carbocycles. The van der Waals surface area contributed by atoms with Gasteiger partial charge in [-0.1, -0.05) is 40.2 Å². The third-order valence-corrected chi connectivity index (χ3v) is 5.34. The Morgan fingerprint density at radius 2 is 2.13 bits per heavy atom. The fraction of sp³-hybridized carbons (Fsp3) is 0.400. The van der Waals surface area contributed by atoms with E-state index in [1.54, 1.807) is 0 Å². The molecule has 82 valence electrons. The van der Waals surface area contributed by atoms with Crippen LogP contribution in [0.4, 0.5) is 0 Å². The lowest BCUT2D eigenvalue weighted by Crippen LogP contribution is -2.27. The summed E-state index contributed by atoms with van der Waals surface area (Å²) < 4.78 is 25.5. The lowest BCUT2D eigenvalue weighted by molar-refractivity contribution is 0.559. The minimum atomic E-state index is -3.18. The van der Waals surface area contributed by atoms with Crippen LogP contribution in [0, 0.1) is 0 Å². The molecule has 1 aliphatic rings. The number of fused-ring (bicyclic) bond motifs is 1. The first-order valence-electron chi connectivity index (χ1n) is 4.76. The Morgan fingerprint density at radius 3 is 2.87 bits per heavy atom. The number of nitrogens with one attached hydrogen (secondary N) is 1. The SMILES string of the molecule is O=S(=O)(CBr)NC1CCc2ccccc21. The molecule has 1 aliphatic carbocycles. The van der Waals surface area contributed by atoms with Gasteiger partial charge < -0.3 is 0 Å². The van der Waals surface area contributed by atoms with Gasteiger partial charge in [0.1, 0.15) is 4.66 Å². The molecule has 0 fully saturated rings. The Morgan fingerprint density at radius 1 is 1.40 bits per heavy atom. The van der Waals surface area contributed by atoms with Crippen molar-refractivity contribution in [2.75, 3.05) is 4.66 Å². The zero-order valence-electron chi connectivity index (χ0n) is 8.11. The second-order valence-electron chi connectivity index (χ2n) is 3.63. The van der Waals surface area contributed by atoms with Crippen LogP contribution in [-0.4, -0.2) is 13.1 Å². The van der Waals surface area contributed by atoms with Crippen molar-refractivity contribution in [1.82, 2.24) is 4.72 Å². The molecule has 0 heterocycles. The van der Waals surface area contributed by atoms with Crippen LogP contribution in [0.15, 0.2) is 24.3 Å². The lowest BCUT2D eigenvalue weighted by atomic mass is 10.1. The fourth-order valence-electron chi connectivity index (χ4n) is 1.93. The predicted molar refractivity (Wildman–Crippen MR) is 63.4 cm³/mol. The monoisotopic (exact) mass is 289 g/mol. The first-order valence-corrected chi connectivity index (χ1v) is 7.53. The Bertz CT molecular complexity index is 458. The second kappa shape index (κ2) is 4.23. The van der Waals surface area contributed by atoms with Crippen LogP contribution < -0.4 is 4.72 Å². The van der Waals surface area contributed by atoms with Crippen molar-refractivity contribution in [3.05, 3.63) is 35.4 Å². The van der Waals surface area contributed by atoms with E-state index in [0.717, 1.165) is 18.4 Å². The normalized spacial score (nSPS) is 20.2. The third-order valence-electron chi connectivity index (χ3n) is 2.60. The molecule has 15 heavy (non-hydrogen) atoms. The quantitative estimate of drug-likeness (QED) is 0.865. The maximum atomic E-state index is 11.4. The fourth-order valence-corrected chi connectivity index (χ4v) is 3.07. The summed E-state index contributed by atoms with van der Waals surface area (Å²) in [5.41, 5.74) is 2.36. The topological polar surface area (TPSA) is 46.2 Å². The van der Waals surface area contributed by atoms with Crippen LogP contribution in [0.5, 0.6) is 0 Å². The first kappa shape index (κ1) is 11.1. The standard InChI is InChI=1S/C10H12BrNO2S/c11-7-15(13,14)12-10-6-5-8-3-1-2-4-9(8)10/h1-4,10,12H,5-7H2. The van der Waals surface area contributed by atoms with Crippen molar-refractivity contribution in [2.45, 2.75) is 18.9 Å². The smallest absolute Gasteiger partial charge is 0.212 e. The zero-order valence-corrected chi connectivity index (χ0v) is 10.5. The van der Waals surface area contributed by atoms with Gasteiger partial charge in [-0.25, -0.2) is 13.1 Å². The van der Waals surface area contributed by atoms with Gasteiger partial charge in [0.05, 0.1) is 0 Å². The summed E-state index contributed by atoms with van der Waals surface area (Å²) >= 11 is 2.97. The lowest BCUT2D eigenvalue weighted by Gasteiger charge is -2.12. The van der Waals surface area contributed by atoms with Crippen LogP contribution in [0.3, 0.4) is 0 Å². The molecule has 3 nitrogen and oxygen atoms in total. The number of rotatable bonds is 3. The number of sulfonamides is 1. The average Bonchev–Trinajstić information content (AvgIpc) is 2.62. The molecule has 0 aromatic heterocycles. The van der Waals surface area contributed by atoms with Crippen molar-refractivity contribution in [1.29, 1.82) is 0 Å². The molecule has 1 unspecified atom stereocenters. The van der Waals surface area contributed by atoms with Crippen molar-refractivity contribution < 1.29 is 8.42 Å². The van der Waals surface area contributed by atoms with Crippen LogP contribution in [0.2, 0.25) is 0 Å². The molecule has 1 aromatic rings. The van der Waals surface area contributed by atoms with Gasteiger partial charge in [-0.05, 0) is 24.0 Å². The number of hydrogen-bond acceptors (Lipinski definition) is 2. The maximum Gasteiger partial charge on any atom is 0.222 e. The molecule has 0 bridgehead atoms. The van der Waals surface area contributed by atoms with Crippen LogP contribution in [0.25, 0.3) is 0 Å². The number of alkyl halides is 1. The van der Waals surface area contributed by atoms with Crippen molar-refractivity contribution in [2.24, 2.45) is 0 Å². The Labute approximate surface area is 98.1 Å². The van der Waals surface area contributed by atoms with Crippen LogP contribution >= 0.6 is 15.9 Å². The number of halogens is 1. The Hall–Kier alpha value is -0.390. The molecular formula is C10H12BrNO2S. The van der Waals surface area contributed by atoms with Crippen molar-refractivity contribution >= 4 is 26.0 Å². The Kier molecular flexibility index (Phi) is 3.13. The van der Waals surface area contributed by atoms with E-state index in [1.807, 2.05) is 18.2 Å². The van der Waals surface area contributed by atoms with Gasteiger partial charge in [0.15, 0.2) is 0 Å². The highest BCUT2D eigenvalue weighted by Gasteiger charge is 2.25. The third kappa shape index (κ3) is 2.41. The molecule has 1 aromatic carbocycles. The minimum absolute atomic E-state index is 0.0430. The molecule has 0 aliphatic heterocycles. The van der Waals surface area contributed by atoms with E-state index in [2.05, 4.69) is 26.7 Å². The zero-order chi connectivity index (χ0) is 10.9. The van der Waals surface area contributed by atoms with Crippen molar-refractivity contribution in [3.63, 3.8) is 0 Å². The highest BCUT2D eigenvalue weighted by atomic mass is 79.9. The van der Waals surface area contributed by atoms with E-state index < -0.39 is 10.0 Å². The summed E-state index contributed by atoms with van der Waals surface area (Å²) in [6.45, 7) is 0. The van der Waals surface area contributed by atoms with Crippen molar-refractivity contribution in [3.8, 4) is 0 Å². The van der Waals surface area contributed by atoms with Gasteiger partial charge in [-0.15, -0.1) is 0 Å². The molecule has 0 amide bonds. The summed E-state index contributed by atoms with van der Waals surface area (Å²) in [6.07, 6.45) is 1.80. The van der Waals surface area contributed by atoms with Crippen LogP contribution in [0.1, 0.15) is 23.6 Å². The van der Waals surface area contributed by atoms with E-state index >= 15 is 0 Å². The largest absolute Gasteiger partial charge is 0.222 e. The molecule has 1 atom stereocenters. The number of hydrogen-bond donors (Lipinski definition) is 1. The van der Waals surface area contributed by atoms with E-state index in [-0.39, 0.29) is 10.7 Å². The Balaban J connectivity index is 2.22. The summed E-state index contributed by atoms with van der Waals surface area (Å²) in [7, 11) is -3.18. The van der Waals surface area contributed by atoms with Gasteiger partial charge in [0.2, 0.25) is 10.0 Å². The van der Waals surface area contributed by atoms with Gasteiger partial charge in [0.25, 0.3) is 0 Å². The molecule has 0 saturated heterocycles. The molecule has 5 heteroatoms. The summed E-state index contributed by atoms with van der Waals surface area (Å²) in [5, 5.41) is 0. The molecule has 0 radical (unpaired) electrons. The molecule has 0 spiro atoms. The van der Waals surface area contributed by atoms with Crippen LogP contribution in [-0.2, 0) is 16.4 Å². The van der Waals surface area contributed by atoms with Gasteiger partial charge in [-0.2, -0.15) is 0 Å². The minimum Gasteiger partial charge on any atom is -0.212 e. The summed E-state index contributed by atoms with van der Waals surface area (Å²) in [6, 6.07) is 7.92. The summed E-state index contributed by atoms with van der Waals surface area (Å²) in [5.74, 6) is 0. The summed E-state index contributed by atoms with van der Waals surface area (Å²) in [4.78, 5) is 0. The molecule has 2 rings (SSSR count). The highest BCUT2D eigenvalue weighted by molar-refractivity contribution is 9.10. The second-order valence-corrected chi connectivity index (χ2v) is 6.69. The average molecular weight is 290 g/mol. The van der Waals surface area contributed by atoms with Gasteiger partial charge >= 0.3 is 0 Å².